The van der Waals surface area contributed by atoms with Crippen molar-refractivity contribution < 1.29 is 38.5 Å². The van der Waals surface area contributed by atoms with E-state index in [1.54, 1.807) is 23.5 Å². The van der Waals surface area contributed by atoms with Gasteiger partial charge in [-0.05, 0) is 84.2 Å². The van der Waals surface area contributed by atoms with Crippen molar-refractivity contribution in [2.24, 2.45) is 5.41 Å². The number of β-amino-alcohol motifs (C(OH)–C–C–N with tert-alkyl or cyclic N) is 1. The van der Waals surface area contributed by atoms with Gasteiger partial charge in [-0.2, -0.15) is 9.97 Å². The van der Waals surface area contributed by atoms with Gasteiger partial charge in [-0.3, -0.25) is 14.4 Å². The standard InChI is InChI=1S/C55H65ClFN9O7S/c1-32(34-11-13-35(14-12-34)49-33(2)59-31-74-49)60-52(70)44-27-38(68)29-66(44)53(71)50(55(3,4)5)61-45(69)30-73-39-15-20-64(21-16-39)19-8-24-72-54-62-48-42(51(63-54)65-22-17-58-18-23-65)28-43(56)46(47(48)57)41-26-37(67)25-36-9-6-7-10-40(36)41/h6-7,9-14,25-26,28,31-32,38-39,44,50,58,67-68H,8,15-24,27,29-30H2,1-5H3,(H,60,70)(H,61,69)/t32-,38+,44-,50+/m0/s1. The number of piperazine rings is 1. The van der Waals surface area contributed by atoms with Gasteiger partial charge in [0.15, 0.2) is 5.82 Å². The molecule has 0 bridgehead atoms. The Morgan fingerprint density at radius 2 is 1.73 bits per heavy atom. The normalized spacial score (nSPS) is 18.7. The molecule has 3 amide bonds. The summed E-state index contributed by atoms with van der Waals surface area (Å²) in [5, 5.41) is 32.8. The average molecular weight is 1050 g/mol. The second-order valence-corrected chi connectivity index (χ2v) is 21.9. The molecule has 3 aliphatic heterocycles. The minimum absolute atomic E-state index is 0.00607. The number of ether oxygens (including phenoxy) is 2. The third-order valence-corrected chi connectivity index (χ3v) is 15.5. The van der Waals surface area contributed by atoms with Gasteiger partial charge in [0.25, 0.3) is 0 Å². The van der Waals surface area contributed by atoms with E-state index >= 15 is 4.39 Å². The molecule has 3 aliphatic rings. The number of halogens is 2. The Hall–Kier alpha value is -6.02. The first-order chi connectivity index (χ1) is 35.5. The number of nitrogens with zero attached hydrogens (tertiary/aromatic N) is 6. The Labute approximate surface area is 439 Å². The molecule has 4 atom stereocenters. The number of piperidine rings is 1. The van der Waals surface area contributed by atoms with Gasteiger partial charge >= 0.3 is 6.01 Å². The lowest BCUT2D eigenvalue weighted by Crippen LogP contribution is -2.58. The number of aromatic hydroxyl groups is 1. The first-order valence-corrected chi connectivity index (χ1v) is 26.7. The highest BCUT2D eigenvalue weighted by atomic mass is 35.5. The Kier molecular flexibility index (Phi) is 16.3. The summed E-state index contributed by atoms with van der Waals surface area (Å²) in [6, 6.07) is 18.0. The lowest BCUT2D eigenvalue weighted by Gasteiger charge is -2.36. The molecule has 2 aromatic heterocycles. The molecule has 0 saturated carbocycles. The molecular formula is C55H65ClFN9O7S. The summed E-state index contributed by atoms with van der Waals surface area (Å²) in [4.78, 5) is 62.1. The summed E-state index contributed by atoms with van der Waals surface area (Å²) >= 11 is 8.45. The molecule has 5 heterocycles. The predicted octanol–water partition coefficient (Wildman–Crippen LogP) is 7.41. The number of thiazole rings is 1. The SMILES string of the molecule is Cc1ncsc1-c1ccc([C@H](C)NC(=O)[C@@H]2C[C@@H](O)CN2C(=O)[C@@H](NC(=O)COC2CCN(CCCOc3nc(N4CCNCC4)c4cc(Cl)c(-c5cc(O)cc6ccccc56)c(F)c4n3)CC2)C(C)(C)C)cc1. The average Bonchev–Trinajstić information content (AvgIpc) is 4.02. The van der Waals surface area contributed by atoms with Crippen molar-refractivity contribution in [2.45, 2.75) is 90.6 Å². The molecule has 9 rings (SSSR count). The predicted molar refractivity (Wildman–Crippen MR) is 286 cm³/mol. The fourth-order valence-electron chi connectivity index (χ4n) is 10.3. The summed E-state index contributed by atoms with van der Waals surface area (Å²) in [6.07, 6.45) is 1.10. The molecular weight excluding hydrogens is 985 g/mol. The minimum atomic E-state index is -0.975. The number of nitrogens with one attached hydrogen (secondary N) is 3. The van der Waals surface area contributed by atoms with Crippen LogP contribution in [0.4, 0.5) is 10.2 Å². The van der Waals surface area contributed by atoms with Gasteiger partial charge in [0.05, 0.1) is 46.0 Å². The van der Waals surface area contributed by atoms with Crippen LogP contribution in [-0.2, 0) is 19.1 Å². The van der Waals surface area contributed by atoms with Crippen LogP contribution in [0.5, 0.6) is 11.8 Å². The smallest absolute Gasteiger partial charge is 0.319 e. The van der Waals surface area contributed by atoms with Gasteiger partial charge in [0.1, 0.15) is 35.8 Å². The van der Waals surface area contributed by atoms with E-state index in [0.717, 1.165) is 65.2 Å². The third kappa shape index (κ3) is 11.9. The zero-order chi connectivity index (χ0) is 52.3. The summed E-state index contributed by atoms with van der Waals surface area (Å²) in [6.45, 7) is 14.4. The van der Waals surface area contributed by atoms with Crippen molar-refractivity contribution in [1.82, 2.24) is 40.7 Å². The number of phenols is 1. The minimum Gasteiger partial charge on any atom is -0.508 e. The number of aliphatic hydroxyl groups excluding tert-OH is 1. The highest BCUT2D eigenvalue weighted by molar-refractivity contribution is 7.13. The van der Waals surface area contributed by atoms with E-state index in [-0.39, 0.29) is 65.5 Å². The van der Waals surface area contributed by atoms with Crippen molar-refractivity contribution in [3.63, 3.8) is 0 Å². The number of rotatable bonds is 16. The number of carbonyl (C=O) groups excluding carboxylic acids is 3. The molecule has 392 valence electrons. The monoisotopic (exact) mass is 1050 g/mol. The second kappa shape index (κ2) is 22.8. The number of aromatic nitrogens is 3. The number of amides is 3. The quantitative estimate of drug-likeness (QED) is 0.0603. The summed E-state index contributed by atoms with van der Waals surface area (Å²) in [5.41, 5.74) is 4.68. The van der Waals surface area contributed by atoms with Crippen LogP contribution < -0.4 is 25.6 Å². The molecule has 0 spiro atoms. The van der Waals surface area contributed by atoms with Crippen LogP contribution in [0.1, 0.15) is 70.7 Å². The molecule has 6 aromatic rings. The Morgan fingerprint density at radius 1 is 0.986 bits per heavy atom. The van der Waals surface area contributed by atoms with E-state index < -0.39 is 41.2 Å². The lowest BCUT2D eigenvalue weighted by molar-refractivity contribution is -0.145. The third-order valence-electron chi connectivity index (χ3n) is 14.3. The molecule has 5 N–H and O–H groups in total. The number of likely N-dealkylation sites (tertiary alicyclic amines) is 2. The number of carbonyl (C=O) groups is 3. The van der Waals surface area contributed by atoms with E-state index in [2.05, 4.69) is 35.7 Å². The van der Waals surface area contributed by atoms with Crippen LogP contribution >= 0.6 is 22.9 Å². The number of benzene rings is 4. The zero-order valence-electron chi connectivity index (χ0n) is 42.5. The van der Waals surface area contributed by atoms with Gasteiger partial charge in [-0.25, -0.2) is 9.37 Å². The maximum absolute atomic E-state index is 16.9. The number of hydrogen-bond donors (Lipinski definition) is 5. The van der Waals surface area contributed by atoms with Gasteiger partial charge < -0.3 is 50.3 Å². The van der Waals surface area contributed by atoms with Crippen molar-refractivity contribution in [3.05, 3.63) is 94.3 Å². The number of hydrogen-bond acceptors (Lipinski definition) is 14. The van der Waals surface area contributed by atoms with Crippen LogP contribution in [0, 0.1) is 18.2 Å². The van der Waals surface area contributed by atoms with E-state index in [4.69, 9.17) is 26.1 Å². The van der Waals surface area contributed by atoms with Crippen molar-refractivity contribution in [3.8, 4) is 33.3 Å². The van der Waals surface area contributed by atoms with Crippen LogP contribution in [0.2, 0.25) is 5.02 Å². The van der Waals surface area contributed by atoms with Gasteiger partial charge in [0.2, 0.25) is 17.7 Å². The summed E-state index contributed by atoms with van der Waals surface area (Å²) in [5.74, 6) is -1.33. The highest BCUT2D eigenvalue weighted by Gasteiger charge is 2.45. The Bertz CT molecular complexity index is 3000. The van der Waals surface area contributed by atoms with Crippen molar-refractivity contribution in [2.75, 3.05) is 70.5 Å². The molecule has 4 aromatic carbocycles. The maximum atomic E-state index is 16.9. The number of phenolic OH excluding ortho intramolecular Hbond substituents is 1. The van der Waals surface area contributed by atoms with Gasteiger partial charge in [-0.15, -0.1) is 11.3 Å². The molecule has 0 aliphatic carbocycles. The molecule has 74 heavy (non-hydrogen) atoms. The lowest BCUT2D eigenvalue weighted by atomic mass is 9.85. The molecule has 0 unspecified atom stereocenters. The van der Waals surface area contributed by atoms with Gasteiger partial charge in [-0.1, -0.05) is 80.9 Å². The second-order valence-electron chi connectivity index (χ2n) is 20.7. The van der Waals surface area contributed by atoms with Crippen LogP contribution in [-0.4, -0.2) is 143 Å². The summed E-state index contributed by atoms with van der Waals surface area (Å²) in [7, 11) is 0. The fourth-order valence-corrected chi connectivity index (χ4v) is 11.4. The van der Waals surface area contributed by atoms with Crippen molar-refractivity contribution >= 4 is 68.2 Å². The molecule has 0 radical (unpaired) electrons. The first kappa shape index (κ1) is 52.8. The number of aliphatic hydroxyl groups is 1. The van der Waals surface area contributed by atoms with E-state index in [1.165, 1.54) is 11.0 Å². The number of anilines is 1. The van der Waals surface area contributed by atoms with Gasteiger partial charge in [0, 0.05) is 69.7 Å². The van der Waals surface area contributed by atoms with Crippen LogP contribution in [0.15, 0.2) is 72.2 Å². The topological polar surface area (TPSA) is 195 Å². The van der Waals surface area contributed by atoms with Crippen molar-refractivity contribution in [1.29, 1.82) is 0 Å². The Balaban J connectivity index is 0.763. The van der Waals surface area contributed by atoms with E-state index in [0.29, 0.717) is 55.7 Å². The largest absolute Gasteiger partial charge is 0.508 e. The van der Waals surface area contributed by atoms with E-state index in [1.807, 2.05) is 88.7 Å². The molecule has 16 nitrogen and oxygen atoms in total. The highest BCUT2D eigenvalue weighted by Crippen LogP contribution is 2.43. The van der Waals surface area contributed by atoms with Crippen LogP contribution in [0.3, 0.4) is 0 Å². The molecule has 3 saturated heterocycles. The number of aryl methyl sites for hydroxylation is 1. The zero-order valence-corrected chi connectivity index (χ0v) is 44.1. The Morgan fingerprint density at radius 3 is 2.45 bits per heavy atom. The van der Waals surface area contributed by atoms with Crippen LogP contribution in [0.25, 0.3) is 43.2 Å². The summed E-state index contributed by atoms with van der Waals surface area (Å²) < 4.78 is 29.2. The van der Waals surface area contributed by atoms with E-state index in [9.17, 15) is 24.6 Å². The maximum Gasteiger partial charge on any atom is 0.319 e. The fraction of sp³-hybridized carbons (Fsp3) is 0.455. The molecule has 3 fully saturated rings. The first-order valence-electron chi connectivity index (χ1n) is 25.5. The number of fused-ring (bicyclic) bond motifs is 2. The molecule has 19 heteroatoms.